The number of rotatable bonds is 4. The minimum atomic E-state index is -3.49. The molecule has 1 saturated heterocycles. The molecule has 0 saturated carbocycles. The third-order valence-electron chi connectivity index (χ3n) is 5.16. The molecule has 1 amide bonds. The van der Waals surface area contributed by atoms with Crippen LogP contribution in [0.15, 0.2) is 42.7 Å². The quantitative estimate of drug-likeness (QED) is 0.808. The van der Waals surface area contributed by atoms with Crippen LogP contribution in [0.4, 0.5) is 5.69 Å². The van der Waals surface area contributed by atoms with Gasteiger partial charge in [0.2, 0.25) is 15.9 Å². The fourth-order valence-electron chi connectivity index (χ4n) is 3.79. The first kappa shape index (κ1) is 17.1. The molecule has 1 aromatic heterocycles. The molecule has 138 valence electrons. The molecule has 2 aliphatic rings. The predicted molar refractivity (Wildman–Crippen MR) is 98.2 cm³/mol. The molecule has 0 unspecified atom stereocenters. The van der Waals surface area contributed by atoms with E-state index >= 15 is 0 Å². The second kappa shape index (κ2) is 6.75. The number of likely N-dealkylation sites (tertiary alicyclic amines) is 1. The van der Waals surface area contributed by atoms with Gasteiger partial charge in [-0.2, -0.15) is 5.10 Å². The maximum atomic E-state index is 13.2. The number of sulfonamides is 1. The summed E-state index contributed by atoms with van der Waals surface area (Å²) in [5.74, 6) is -0.0876. The summed E-state index contributed by atoms with van der Waals surface area (Å²) >= 11 is 0. The third kappa shape index (κ3) is 3.09. The lowest BCUT2D eigenvalue weighted by atomic mass is 10.1. The Morgan fingerprint density at radius 2 is 2.04 bits per heavy atom. The Morgan fingerprint density at radius 1 is 1.19 bits per heavy atom. The predicted octanol–water partition coefficient (Wildman–Crippen LogP) is 1.27. The first-order chi connectivity index (χ1) is 12.6. The van der Waals surface area contributed by atoms with Gasteiger partial charge in [0.25, 0.3) is 0 Å². The number of hydrogen-bond donors (Lipinski definition) is 0. The average Bonchev–Trinajstić information content (AvgIpc) is 3.31. The molecule has 7 nitrogen and oxygen atoms in total. The molecule has 0 radical (unpaired) electrons. The molecule has 0 spiro atoms. The Kier molecular flexibility index (Phi) is 4.44. The van der Waals surface area contributed by atoms with Gasteiger partial charge in [-0.15, -0.1) is 0 Å². The molecule has 3 heterocycles. The molecule has 2 aromatic rings. The number of amides is 1. The van der Waals surface area contributed by atoms with Gasteiger partial charge in [0, 0.05) is 32.0 Å². The highest BCUT2D eigenvalue weighted by molar-refractivity contribution is 7.93. The summed E-state index contributed by atoms with van der Waals surface area (Å²) in [6.45, 7) is 1.48. The second-order valence-electron chi connectivity index (χ2n) is 6.80. The highest BCUT2D eigenvalue weighted by Gasteiger charge is 2.39. The second-order valence-corrected chi connectivity index (χ2v) is 8.94. The number of aromatic nitrogens is 2. The van der Waals surface area contributed by atoms with Gasteiger partial charge in [-0.3, -0.25) is 13.8 Å². The van der Waals surface area contributed by atoms with Gasteiger partial charge in [0.15, 0.2) is 0 Å². The minimum Gasteiger partial charge on any atom is -0.340 e. The van der Waals surface area contributed by atoms with E-state index in [1.54, 1.807) is 28.0 Å². The summed E-state index contributed by atoms with van der Waals surface area (Å²) in [7, 11) is -3.49. The SMILES string of the molecule is O=C(Cn1cccn1)N1CCC[C@H](S(=O)(=O)N2CCc3ccccc32)C1. The molecule has 4 rings (SSSR count). The lowest BCUT2D eigenvalue weighted by molar-refractivity contribution is -0.132. The Bertz CT molecular complexity index is 895. The molecular weight excluding hydrogens is 352 g/mol. The number of fused-ring (bicyclic) bond motifs is 1. The number of carbonyl (C=O) groups is 1. The summed E-state index contributed by atoms with van der Waals surface area (Å²) in [5, 5.41) is 3.50. The van der Waals surface area contributed by atoms with E-state index in [-0.39, 0.29) is 19.0 Å². The molecule has 8 heteroatoms. The van der Waals surface area contributed by atoms with Crippen molar-refractivity contribution in [3.05, 3.63) is 48.3 Å². The topological polar surface area (TPSA) is 75.5 Å². The highest BCUT2D eigenvalue weighted by atomic mass is 32.2. The van der Waals surface area contributed by atoms with Crippen molar-refractivity contribution in [3.8, 4) is 0 Å². The van der Waals surface area contributed by atoms with Crippen LogP contribution in [0.2, 0.25) is 0 Å². The average molecular weight is 374 g/mol. The van der Waals surface area contributed by atoms with E-state index in [4.69, 9.17) is 0 Å². The molecule has 2 aliphatic heterocycles. The standard InChI is InChI=1S/C18H22N4O3S/c23-18(14-21-11-4-9-19-21)20-10-3-6-16(13-20)26(24,25)22-12-8-15-5-1-2-7-17(15)22/h1-2,4-5,7,9,11,16H,3,6,8,10,12-14H2/t16-/m0/s1. The lowest BCUT2D eigenvalue weighted by Crippen LogP contribution is -2.50. The summed E-state index contributed by atoms with van der Waals surface area (Å²) in [6.07, 6.45) is 5.39. The first-order valence-electron chi connectivity index (χ1n) is 8.90. The molecule has 1 fully saturated rings. The number of nitrogens with zero attached hydrogens (tertiary/aromatic N) is 4. The molecule has 1 aromatic carbocycles. The van der Waals surface area contributed by atoms with E-state index in [2.05, 4.69) is 5.10 Å². The maximum absolute atomic E-state index is 13.2. The van der Waals surface area contributed by atoms with Crippen molar-refractivity contribution >= 4 is 21.6 Å². The van der Waals surface area contributed by atoms with Crippen LogP contribution < -0.4 is 4.31 Å². The van der Waals surface area contributed by atoms with Gasteiger partial charge < -0.3 is 4.90 Å². The van der Waals surface area contributed by atoms with Gasteiger partial charge in [0.05, 0.1) is 10.9 Å². The fourth-order valence-corrected chi connectivity index (χ4v) is 5.78. The van der Waals surface area contributed by atoms with Gasteiger partial charge in [0.1, 0.15) is 6.54 Å². The van der Waals surface area contributed by atoms with Crippen LogP contribution in [0.3, 0.4) is 0 Å². The molecule has 26 heavy (non-hydrogen) atoms. The van der Waals surface area contributed by atoms with Crippen LogP contribution in [-0.2, 0) is 27.8 Å². The monoisotopic (exact) mass is 374 g/mol. The Morgan fingerprint density at radius 3 is 2.85 bits per heavy atom. The lowest BCUT2D eigenvalue weighted by Gasteiger charge is -2.35. The van der Waals surface area contributed by atoms with Gasteiger partial charge in [-0.05, 0) is 37.0 Å². The normalized spacial score (nSPS) is 20.2. The molecule has 0 aliphatic carbocycles. The van der Waals surface area contributed by atoms with Crippen LogP contribution in [0.25, 0.3) is 0 Å². The zero-order valence-corrected chi connectivity index (χ0v) is 15.3. The highest BCUT2D eigenvalue weighted by Crippen LogP contribution is 2.33. The number of anilines is 1. The van der Waals surface area contributed by atoms with E-state index < -0.39 is 15.3 Å². The fraction of sp³-hybridized carbons (Fsp3) is 0.444. The van der Waals surface area contributed by atoms with E-state index in [1.165, 1.54) is 4.31 Å². The summed E-state index contributed by atoms with van der Waals surface area (Å²) in [5.41, 5.74) is 1.85. The first-order valence-corrected chi connectivity index (χ1v) is 10.4. The Balaban J connectivity index is 1.49. The smallest absolute Gasteiger partial charge is 0.244 e. The Hall–Kier alpha value is -2.35. The molecular formula is C18H22N4O3S. The maximum Gasteiger partial charge on any atom is 0.244 e. The van der Waals surface area contributed by atoms with Crippen molar-refractivity contribution in [3.63, 3.8) is 0 Å². The van der Waals surface area contributed by atoms with Crippen LogP contribution in [0, 0.1) is 0 Å². The van der Waals surface area contributed by atoms with E-state index in [0.717, 1.165) is 17.7 Å². The number of para-hydroxylation sites is 1. The van der Waals surface area contributed by atoms with Crippen LogP contribution >= 0.6 is 0 Å². The van der Waals surface area contributed by atoms with Crippen LogP contribution in [0.5, 0.6) is 0 Å². The largest absolute Gasteiger partial charge is 0.340 e. The summed E-state index contributed by atoms with van der Waals surface area (Å²) < 4.78 is 29.5. The zero-order valence-electron chi connectivity index (χ0n) is 14.5. The minimum absolute atomic E-state index is 0.0876. The summed E-state index contributed by atoms with van der Waals surface area (Å²) in [4.78, 5) is 14.2. The summed E-state index contributed by atoms with van der Waals surface area (Å²) in [6, 6.07) is 9.41. The van der Waals surface area contributed by atoms with Gasteiger partial charge >= 0.3 is 0 Å². The van der Waals surface area contributed by atoms with Crippen molar-refractivity contribution < 1.29 is 13.2 Å². The molecule has 1 atom stereocenters. The number of carbonyl (C=O) groups excluding carboxylic acids is 1. The van der Waals surface area contributed by atoms with Crippen molar-refractivity contribution in [2.24, 2.45) is 0 Å². The number of hydrogen-bond acceptors (Lipinski definition) is 4. The number of benzene rings is 1. The van der Waals surface area contributed by atoms with Crippen LogP contribution in [0.1, 0.15) is 18.4 Å². The van der Waals surface area contributed by atoms with E-state index in [1.807, 2.05) is 24.3 Å². The molecule has 0 N–H and O–H groups in total. The van der Waals surface area contributed by atoms with Crippen molar-refractivity contribution in [1.82, 2.24) is 14.7 Å². The van der Waals surface area contributed by atoms with Crippen molar-refractivity contribution in [2.45, 2.75) is 31.1 Å². The Labute approximate surface area is 153 Å². The van der Waals surface area contributed by atoms with Gasteiger partial charge in [-0.25, -0.2) is 8.42 Å². The molecule has 0 bridgehead atoms. The van der Waals surface area contributed by atoms with Crippen LogP contribution in [-0.4, -0.2) is 53.9 Å². The van der Waals surface area contributed by atoms with E-state index in [9.17, 15) is 13.2 Å². The van der Waals surface area contributed by atoms with Gasteiger partial charge in [-0.1, -0.05) is 18.2 Å². The van der Waals surface area contributed by atoms with Crippen molar-refractivity contribution in [1.29, 1.82) is 0 Å². The van der Waals surface area contributed by atoms with Crippen molar-refractivity contribution in [2.75, 3.05) is 23.9 Å². The van der Waals surface area contributed by atoms with E-state index in [0.29, 0.717) is 25.9 Å². The zero-order chi connectivity index (χ0) is 18.1. The number of piperidine rings is 1. The third-order valence-corrected chi connectivity index (χ3v) is 7.38.